The van der Waals surface area contributed by atoms with Crippen LogP contribution in [-0.4, -0.2) is 5.38 Å². The molecule has 3 unspecified atom stereocenters. The summed E-state index contributed by atoms with van der Waals surface area (Å²) in [5.74, 6) is -0.511. The van der Waals surface area contributed by atoms with E-state index in [4.69, 9.17) is 11.6 Å². The van der Waals surface area contributed by atoms with Crippen molar-refractivity contribution in [1.82, 2.24) is 0 Å². The summed E-state index contributed by atoms with van der Waals surface area (Å²) in [6, 6.07) is 4.29. The molecule has 1 aromatic carbocycles. The van der Waals surface area contributed by atoms with Crippen molar-refractivity contribution in [3.8, 4) is 0 Å². The zero-order valence-electron chi connectivity index (χ0n) is 9.93. The lowest BCUT2D eigenvalue weighted by molar-refractivity contribution is 0.394. The van der Waals surface area contributed by atoms with Gasteiger partial charge in [0.2, 0.25) is 0 Å². The Morgan fingerprint density at radius 3 is 2.76 bits per heavy atom. The van der Waals surface area contributed by atoms with E-state index in [9.17, 15) is 8.78 Å². The fourth-order valence-corrected chi connectivity index (χ4v) is 3.32. The first-order valence-electron chi connectivity index (χ1n) is 6.16. The van der Waals surface area contributed by atoms with Crippen LogP contribution in [0.15, 0.2) is 18.2 Å². The summed E-state index contributed by atoms with van der Waals surface area (Å²) >= 11 is 6.35. The molecule has 1 aliphatic rings. The fraction of sp³-hybridized carbons (Fsp3) is 0.571. The minimum Gasteiger partial charge on any atom is -0.204 e. The van der Waals surface area contributed by atoms with Gasteiger partial charge in [-0.3, -0.25) is 0 Å². The molecule has 0 amide bonds. The van der Waals surface area contributed by atoms with Crippen LogP contribution >= 0.6 is 11.6 Å². The molecule has 1 saturated carbocycles. The average molecular weight is 259 g/mol. The Labute approximate surface area is 106 Å². The first-order valence-corrected chi connectivity index (χ1v) is 6.60. The molecule has 0 heterocycles. The van der Waals surface area contributed by atoms with Gasteiger partial charge in [0.05, 0.1) is 0 Å². The van der Waals surface area contributed by atoms with Gasteiger partial charge < -0.3 is 0 Å². The van der Waals surface area contributed by atoms with E-state index in [1.165, 1.54) is 18.9 Å². The van der Waals surface area contributed by atoms with Crippen LogP contribution in [0.3, 0.4) is 0 Å². The molecule has 3 heteroatoms. The summed E-state index contributed by atoms with van der Waals surface area (Å²) in [4.78, 5) is 0. The highest BCUT2D eigenvalue weighted by atomic mass is 35.5. The van der Waals surface area contributed by atoms with Gasteiger partial charge in [-0.1, -0.05) is 31.9 Å². The van der Waals surface area contributed by atoms with Gasteiger partial charge in [-0.05, 0) is 36.3 Å². The van der Waals surface area contributed by atoms with E-state index in [0.717, 1.165) is 12.5 Å². The molecule has 1 aliphatic carbocycles. The minimum atomic E-state index is -0.786. The minimum absolute atomic E-state index is 0.0937. The van der Waals surface area contributed by atoms with Crippen molar-refractivity contribution in [1.29, 1.82) is 0 Å². The smallest absolute Gasteiger partial charge is 0.162 e. The molecule has 17 heavy (non-hydrogen) atoms. The molecule has 1 aromatic rings. The maximum Gasteiger partial charge on any atom is 0.162 e. The molecule has 1 fully saturated rings. The van der Waals surface area contributed by atoms with Gasteiger partial charge in [0.15, 0.2) is 11.6 Å². The van der Waals surface area contributed by atoms with Crippen LogP contribution in [0.25, 0.3) is 0 Å². The van der Waals surface area contributed by atoms with Crippen molar-refractivity contribution < 1.29 is 8.78 Å². The monoisotopic (exact) mass is 258 g/mol. The molecule has 0 spiro atoms. The lowest BCUT2D eigenvalue weighted by Crippen LogP contribution is -2.20. The highest BCUT2D eigenvalue weighted by Gasteiger charge is 2.30. The standard InChI is InChI=1S/C14H17ClF2/c1-9-4-2-6-11(9)12(15)8-10-5-3-7-13(16)14(10)17/h3,5,7,9,11-12H,2,4,6,8H2,1H3. The van der Waals surface area contributed by atoms with Crippen LogP contribution in [0.2, 0.25) is 0 Å². The molecule has 3 atom stereocenters. The predicted molar refractivity (Wildman–Crippen MR) is 66.2 cm³/mol. The van der Waals surface area contributed by atoms with Gasteiger partial charge in [0, 0.05) is 5.38 Å². The Kier molecular flexibility index (Phi) is 4.03. The molecule has 2 rings (SSSR count). The summed E-state index contributed by atoms with van der Waals surface area (Å²) in [5, 5.41) is -0.0937. The number of hydrogen-bond donors (Lipinski definition) is 0. The second-order valence-electron chi connectivity index (χ2n) is 5.01. The van der Waals surface area contributed by atoms with Gasteiger partial charge in [0.1, 0.15) is 0 Å². The topological polar surface area (TPSA) is 0 Å². The summed E-state index contributed by atoms with van der Waals surface area (Å²) in [5.41, 5.74) is 0.393. The van der Waals surface area contributed by atoms with Gasteiger partial charge in [-0.15, -0.1) is 11.6 Å². The zero-order chi connectivity index (χ0) is 12.4. The quantitative estimate of drug-likeness (QED) is 0.698. The summed E-state index contributed by atoms with van der Waals surface area (Å²) in [7, 11) is 0. The predicted octanol–water partition coefficient (Wildman–Crippen LogP) is 4.55. The van der Waals surface area contributed by atoms with E-state index in [2.05, 4.69) is 6.92 Å². The summed E-state index contributed by atoms with van der Waals surface area (Å²) in [6.07, 6.45) is 3.91. The van der Waals surface area contributed by atoms with E-state index >= 15 is 0 Å². The molecule has 0 N–H and O–H groups in total. The van der Waals surface area contributed by atoms with Gasteiger partial charge in [-0.25, -0.2) is 8.78 Å². The molecule has 0 bridgehead atoms. The van der Waals surface area contributed by atoms with Crippen LogP contribution in [0.4, 0.5) is 8.78 Å². The highest BCUT2D eigenvalue weighted by molar-refractivity contribution is 6.21. The summed E-state index contributed by atoms with van der Waals surface area (Å²) < 4.78 is 26.6. The molecule has 0 radical (unpaired) electrons. The van der Waals surface area contributed by atoms with E-state index in [1.54, 1.807) is 6.07 Å². The van der Waals surface area contributed by atoms with E-state index in [0.29, 0.717) is 23.8 Å². The first kappa shape index (κ1) is 12.8. The van der Waals surface area contributed by atoms with Crippen LogP contribution in [-0.2, 0) is 6.42 Å². The molecular formula is C14H17ClF2. The van der Waals surface area contributed by atoms with E-state index < -0.39 is 11.6 Å². The fourth-order valence-electron chi connectivity index (χ4n) is 2.78. The van der Waals surface area contributed by atoms with Crippen molar-refractivity contribution in [2.75, 3.05) is 0 Å². The lowest BCUT2D eigenvalue weighted by Gasteiger charge is -2.21. The second-order valence-corrected chi connectivity index (χ2v) is 5.57. The Morgan fingerprint density at radius 2 is 2.12 bits per heavy atom. The van der Waals surface area contributed by atoms with Crippen molar-refractivity contribution in [3.63, 3.8) is 0 Å². The van der Waals surface area contributed by atoms with Gasteiger partial charge in [0.25, 0.3) is 0 Å². The van der Waals surface area contributed by atoms with Crippen LogP contribution in [0.1, 0.15) is 31.7 Å². The van der Waals surface area contributed by atoms with Crippen LogP contribution in [0.5, 0.6) is 0 Å². The van der Waals surface area contributed by atoms with E-state index in [1.807, 2.05) is 0 Å². The number of halogens is 3. The first-order chi connectivity index (χ1) is 8.09. The van der Waals surface area contributed by atoms with Crippen molar-refractivity contribution in [2.45, 2.75) is 38.0 Å². The van der Waals surface area contributed by atoms with Crippen molar-refractivity contribution in [2.24, 2.45) is 11.8 Å². The molecule has 0 nitrogen and oxygen atoms in total. The van der Waals surface area contributed by atoms with Crippen LogP contribution in [0, 0.1) is 23.5 Å². The third-order valence-corrected chi connectivity index (χ3v) is 4.32. The zero-order valence-corrected chi connectivity index (χ0v) is 10.7. The Hall–Kier alpha value is -0.630. The molecule has 0 aliphatic heterocycles. The molecule has 94 valence electrons. The Balaban J connectivity index is 2.07. The van der Waals surface area contributed by atoms with Crippen LogP contribution < -0.4 is 0 Å². The van der Waals surface area contributed by atoms with Gasteiger partial charge in [-0.2, -0.15) is 0 Å². The number of hydrogen-bond acceptors (Lipinski definition) is 0. The van der Waals surface area contributed by atoms with Crippen molar-refractivity contribution in [3.05, 3.63) is 35.4 Å². The lowest BCUT2D eigenvalue weighted by atomic mass is 9.91. The summed E-state index contributed by atoms with van der Waals surface area (Å²) in [6.45, 7) is 2.19. The average Bonchev–Trinajstić information content (AvgIpc) is 2.71. The highest BCUT2D eigenvalue weighted by Crippen LogP contribution is 2.37. The van der Waals surface area contributed by atoms with Gasteiger partial charge >= 0.3 is 0 Å². The largest absolute Gasteiger partial charge is 0.204 e. The molecule has 0 saturated heterocycles. The van der Waals surface area contributed by atoms with Crippen molar-refractivity contribution >= 4 is 11.6 Å². The normalized spacial score (nSPS) is 26.1. The maximum atomic E-state index is 13.5. The molecule has 0 aromatic heterocycles. The SMILES string of the molecule is CC1CCCC1C(Cl)Cc1cccc(F)c1F. The second kappa shape index (κ2) is 5.34. The third kappa shape index (κ3) is 2.79. The Bertz CT molecular complexity index is 392. The molecular weight excluding hydrogens is 242 g/mol. The van der Waals surface area contributed by atoms with E-state index in [-0.39, 0.29) is 5.38 Å². The Morgan fingerprint density at radius 1 is 1.35 bits per heavy atom. The maximum absolute atomic E-state index is 13.5. The number of benzene rings is 1. The number of rotatable bonds is 3. The third-order valence-electron chi connectivity index (χ3n) is 3.84. The number of alkyl halides is 1.